The molecule has 2 amide bonds. The summed E-state index contributed by atoms with van der Waals surface area (Å²) in [5.74, 6) is -0.763. The minimum absolute atomic E-state index is 0.0588. The van der Waals surface area contributed by atoms with Crippen molar-refractivity contribution in [2.75, 3.05) is 17.1 Å². The van der Waals surface area contributed by atoms with Gasteiger partial charge in [0.15, 0.2) is 0 Å². The Hall–Kier alpha value is -2.58. The fraction of sp³-hybridized carbons (Fsp3) is 0.462. The average molecular weight is 522 g/mol. The SMILES string of the molecule is CC[C@H](C(=O)N[C@@H](C)CC)N(Cc1ccccc1Cl)C(=O)CN(c1ccc(C)cc1C)S(C)(=O)=O. The number of carbonyl (C=O) groups excluding carboxylic acids is 2. The van der Waals surface area contributed by atoms with Gasteiger partial charge in [0.05, 0.1) is 11.9 Å². The Balaban J connectivity index is 2.49. The number of nitrogens with zero attached hydrogens (tertiary/aromatic N) is 2. The van der Waals surface area contributed by atoms with E-state index >= 15 is 0 Å². The van der Waals surface area contributed by atoms with Crippen molar-refractivity contribution in [3.05, 3.63) is 64.2 Å². The lowest BCUT2D eigenvalue weighted by Gasteiger charge is -2.34. The predicted molar refractivity (Wildman–Crippen MR) is 142 cm³/mol. The van der Waals surface area contributed by atoms with Crippen LogP contribution in [0.2, 0.25) is 5.02 Å². The standard InChI is InChI=1S/C26H36ClN3O4S/c1-7-20(5)28-26(32)23(8-2)29(16-21-11-9-10-12-22(21)27)25(31)17-30(35(6,33)34)24-14-13-18(3)15-19(24)4/h9-15,20,23H,7-8,16-17H2,1-6H3,(H,28,32)/t20-,23+/m0/s1. The lowest BCUT2D eigenvalue weighted by Crippen LogP contribution is -2.53. The molecule has 0 spiro atoms. The maximum absolute atomic E-state index is 13.7. The lowest BCUT2D eigenvalue weighted by molar-refractivity contribution is -0.140. The summed E-state index contributed by atoms with van der Waals surface area (Å²) in [6.07, 6.45) is 2.18. The van der Waals surface area contributed by atoms with E-state index in [2.05, 4.69) is 5.32 Å². The van der Waals surface area contributed by atoms with Crippen LogP contribution in [0, 0.1) is 13.8 Å². The monoisotopic (exact) mass is 521 g/mol. The van der Waals surface area contributed by atoms with Gasteiger partial charge in [-0.2, -0.15) is 0 Å². The molecule has 0 saturated carbocycles. The van der Waals surface area contributed by atoms with Gasteiger partial charge in [0.2, 0.25) is 21.8 Å². The van der Waals surface area contributed by atoms with Crippen LogP contribution in [0.5, 0.6) is 0 Å². The van der Waals surface area contributed by atoms with Gasteiger partial charge in [-0.05, 0) is 56.9 Å². The van der Waals surface area contributed by atoms with Crippen LogP contribution in [0.1, 0.15) is 50.3 Å². The number of sulfonamides is 1. The molecule has 0 aliphatic carbocycles. The van der Waals surface area contributed by atoms with Crippen molar-refractivity contribution in [2.45, 2.75) is 66.1 Å². The van der Waals surface area contributed by atoms with Crippen LogP contribution in [0.15, 0.2) is 42.5 Å². The molecular weight excluding hydrogens is 486 g/mol. The Bertz CT molecular complexity index is 1150. The van der Waals surface area contributed by atoms with Gasteiger partial charge in [-0.3, -0.25) is 13.9 Å². The third kappa shape index (κ3) is 7.70. The van der Waals surface area contributed by atoms with E-state index in [1.165, 1.54) is 4.90 Å². The molecule has 0 aromatic heterocycles. The zero-order valence-corrected chi connectivity index (χ0v) is 22.9. The molecule has 1 N–H and O–H groups in total. The summed E-state index contributed by atoms with van der Waals surface area (Å²) in [4.78, 5) is 28.3. The highest BCUT2D eigenvalue weighted by atomic mass is 35.5. The lowest BCUT2D eigenvalue weighted by atomic mass is 10.1. The molecule has 0 radical (unpaired) electrons. The molecule has 0 saturated heterocycles. The van der Waals surface area contributed by atoms with Crippen molar-refractivity contribution in [2.24, 2.45) is 0 Å². The van der Waals surface area contributed by atoms with Crippen molar-refractivity contribution in [1.29, 1.82) is 0 Å². The molecule has 2 atom stereocenters. The van der Waals surface area contributed by atoms with Crippen LogP contribution in [-0.4, -0.2) is 50.0 Å². The van der Waals surface area contributed by atoms with Gasteiger partial charge in [0.25, 0.3) is 0 Å². The second-order valence-corrected chi connectivity index (χ2v) is 11.2. The van der Waals surface area contributed by atoms with Gasteiger partial charge in [-0.15, -0.1) is 0 Å². The number of benzene rings is 2. The number of amides is 2. The Morgan fingerprint density at radius 1 is 1.06 bits per heavy atom. The van der Waals surface area contributed by atoms with Crippen LogP contribution in [-0.2, 0) is 26.2 Å². The van der Waals surface area contributed by atoms with E-state index in [4.69, 9.17) is 11.6 Å². The molecule has 2 aromatic rings. The van der Waals surface area contributed by atoms with Gasteiger partial charge in [0.1, 0.15) is 12.6 Å². The summed E-state index contributed by atoms with van der Waals surface area (Å²) >= 11 is 6.37. The molecule has 0 fully saturated rings. The first-order valence-electron chi connectivity index (χ1n) is 11.8. The number of hydrogen-bond donors (Lipinski definition) is 1. The predicted octanol–water partition coefficient (Wildman–Crippen LogP) is 4.44. The van der Waals surface area contributed by atoms with E-state index in [9.17, 15) is 18.0 Å². The van der Waals surface area contributed by atoms with E-state index in [1.807, 2.05) is 39.8 Å². The number of carbonyl (C=O) groups is 2. The topological polar surface area (TPSA) is 86.8 Å². The Labute approximate surface area is 214 Å². The summed E-state index contributed by atoms with van der Waals surface area (Å²) in [7, 11) is -3.78. The molecule has 0 heterocycles. The summed E-state index contributed by atoms with van der Waals surface area (Å²) in [5, 5.41) is 3.42. The minimum Gasteiger partial charge on any atom is -0.352 e. The maximum atomic E-state index is 13.7. The van der Waals surface area contributed by atoms with Crippen molar-refractivity contribution >= 4 is 39.1 Å². The first kappa shape index (κ1) is 28.7. The third-order valence-corrected chi connectivity index (χ3v) is 7.48. The number of anilines is 1. The fourth-order valence-electron chi connectivity index (χ4n) is 3.85. The summed E-state index contributed by atoms with van der Waals surface area (Å²) in [6, 6.07) is 11.6. The van der Waals surface area contributed by atoms with E-state index in [-0.39, 0.29) is 18.5 Å². The van der Waals surface area contributed by atoms with E-state index < -0.39 is 28.5 Å². The van der Waals surface area contributed by atoms with Crippen LogP contribution in [0.4, 0.5) is 5.69 Å². The molecule has 7 nitrogen and oxygen atoms in total. The highest BCUT2D eigenvalue weighted by Gasteiger charge is 2.32. The zero-order chi connectivity index (χ0) is 26.3. The number of hydrogen-bond acceptors (Lipinski definition) is 4. The molecular formula is C26H36ClN3O4S. The number of rotatable bonds is 11. The van der Waals surface area contributed by atoms with Crippen molar-refractivity contribution in [3.8, 4) is 0 Å². The second-order valence-electron chi connectivity index (χ2n) is 8.91. The van der Waals surface area contributed by atoms with Gasteiger partial charge in [-0.1, -0.05) is 61.3 Å². The van der Waals surface area contributed by atoms with Crippen LogP contribution < -0.4 is 9.62 Å². The molecule has 2 aromatic carbocycles. The summed E-state index contributed by atoms with van der Waals surface area (Å²) in [5.41, 5.74) is 2.83. The molecule has 0 unspecified atom stereocenters. The third-order valence-electron chi connectivity index (χ3n) is 5.99. The van der Waals surface area contributed by atoms with E-state index in [1.54, 1.807) is 37.3 Å². The maximum Gasteiger partial charge on any atom is 0.244 e. The molecule has 0 bridgehead atoms. The minimum atomic E-state index is -3.78. The Morgan fingerprint density at radius 3 is 2.26 bits per heavy atom. The number of halogens is 1. The number of aryl methyl sites for hydroxylation is 2. The van der Waals surface area contributed by atoms with Crippen molar-refractivity contribution < 1.29 is 18.0 Å². The van der Waals surface area contributed by atoms with E-state index in [0.29, 0.717) is 22.7 Å². The molecule has 9 heteroatoms. The van der Waals surface area contributed by atoms with Gasteiger partial charge < -0.3 is 10.2 Å². The molecule has 2 rings (SSSR count). The fourth-order valence-corrected chi connectivity index (χ4v) is 4.95. The van der Waals surface area contributed by atoms with Gasteiger partial charge >= 0.3 is 0 Å². The molecule has 192 valence electrons. The molecule has 0 aliphatic rings. The van der Waals surface area contributed by atoms with Crippen LogP contribution in [0.3, 0.4) is 0 Å². The van der Waals surface area contributed by atoms with Gasteiger partial charge in [0, 0.05) is 17.6 Å². The first-order chi connectivity index (χ1) is 16.4. The summed E-state index contributed by atoms with van der Waals surface area (Å²) in [6.45, 7) is 9.06. The average Bonchev–Trinajstić information content (AvgIpc) is 2.78. The second kappa shape index (κ2) is 12.4. The normalized spacial score (nSPS) is 13.1. The summed E-state index contributed by atoms with van der Waals surface area (Å²) < 4.78 is 26.6. The molecule has 35 heavy (non-hydrogen) atoms. The van der Waals surface area contributed by atoms with Gasteiger partial charge in [-0.25, -0.2) is 8.42 Å². The highest BCUT2D eigenvalue weighted by molar-refractivity contribution is 7.92. The van der Waals surface area contributed by atoms with Crippen molar-refractivity contribution in [1.82, 2.24) is 10.2 Å². The Kier molecular flexibility index (Phi) is 10.2. The Morgan fingerprint density at radius 2 is 1.71 bits per heavy atom. The van der Waals surface area contributed by atoms with Crippen LogP contribution in [0.25, 0.3) is 0 Å². The highest BCUT2D eigenvalue weighted by Crippen LogP contribution is 2.25. The largest absolute Gasteiger partial charge is 0.352 e. The van der Waals surface area contributed by atoms with Crippen LogP contribution >= 0.6 is 11.6 Å². The number of nitrogens with one attached hydrogen (secondary N) is 1. The van der Waals surface area contributed by atoms with Crippen molar-refractivity contribution in [3.63, 3.8) is 0 Å². The smallest absolute Gasteiger partial charge is 0.244 e. The zero-order valence-electron chi connectivity index (χ0n) is 21.3. The first-order valence-corrected chi connectivity index (χ1v) is 14.0. The molecule has 0 aliphatic heterocycles. The van der Waals surface area contributed by atoms with E-state index in [0.717, 1.165) is 28.1 Å². The quantitative estimate of drug-likeness (QED) is 0.473.